The molecule has 1 radical (unpaired) electrons. The van der Waals surface area contributed by atoms with Crippen LogP contribution in [-0.4, -0.2) is 93.4 Å². The van der Waals surface area contributed by atoms with Gasteiger partial charge in [-0.3, -0.25) is 19.2 Å². The number of amides is 3. The van der Waals surface area contributed by atoms with E-state index in [1.807, 2.05) is 25.1 Å². The summed E-state index contributed by atoms with van der Waals surface area (Å²) in [5.41, 5.74) is 1.32. The van der Waals surface area contributed by atoms with E-state index in [0.717, 1.165) is 36.7 Å². The molecular weight excluding hydrogens is 945 g/mol. The second-order valence-corrected chi connectivity index (χ2v) is 33.4. The molecule has 0 saturated carbocycles. The lowest BCUT2D eigenvalue weighted by molar-refractivity contribution is -0.130. The molecule has 4 N–H and O–H groups in total. The number of carbonyl (C=O) groups excluding carboxylic acids is 4. The molecule has 2 aromatic rings. The largest absolute Gasteiger partial charge is 0.543 e. The Labute approximate surface area is 386 Å². The smallest absolute Gasteiger partial charge is 0.250 e. The zero-order valence-corrected chi connectivity index (χ0v) is 44.1. The summed E-state index contributed by atoms with van der Waals surface area (Å²) < 4.78 is 32.4. The Kier molecular flexibility index (Phi) is 17.9. The van der Waals surface area contributed by atoms with Crippen LogP contribution in [0.1, 0.15) is 93.7 Å². The van der Waals surface area contributed by atoms with Crippen LogP contribution < -0.4 is 29.0 Å². The van der Waals surface area contributed by atoms with Gasteiger partial charge in [-0.05, 0) is 119 Å². The van der Waals surface area contributed by atoms with Gasteiger partial charge in [0.15, 0.2) is 11.5 Å². The Balaban J connectivity index is 2.34. The zero-order valence-electron chi connectivity index (χ0n) is 40.1. The molecule has 335 valence electrons. The quantitative estimate of drug-likeness (QED) is 0.0520. The molecular formula is C43H69BBr2N3O8SSi2. The van der Waals surface area contributed by atoms with Gasteiger partial charge < -0.3 is 34.1 Å². The highest BCUT2D eigenvalue weighted by molar-refractivity contribution is 9.10. The number of alkyl halides is 2. The van der Waals surface area contributed by atoms with Gasteiger partial charge in [0.1, 0.15) is 25.4 Å². The SMILES string of the molecule is [2H]C([B][3H])SOc1cc(CC(NC(=O)C(C)(C)Br)C(=O)CC(O)CNC(=O)C(Cc2ccc(O[Si](C)(C)C(C)(C)C)c(C)c2)NC(=O)C(C)(C)Br)ccc1O[Si](C)(C)C(C)(C)C. The van der Waals surface area contributed by atoms with Crippen molar-refractivity contribution in [2.24, 2.45) is 0 Å². The van der Waals surface area contributed by atoms with Crippen molar-refractivity contribution in [3.05, 3.63) is 53.1 Å². The summed E-state index contributed by atoms with van der Waals surface area (Å²) in [5.74, 6) is -0.334. The average Bonchev–Trinajstić information content (AvgIpc) is 3.12. The number of nitrogens with one attached hydrogen (secondary N) is 3. The maximum absolute atomic E-state index is 13.9. The van der Waals surface area contributed by atoms with Gasteiger partial charge in [-0.2, -0.15) is 0 Å². The van der Waals surface area contributed by atoms with Gasteiger partial charge >= 0.3 is 0 Å². The lowest BCUT2D eigenvalue weighted by atomic mass is 9.97. The van der Waals surface area contributed by atoms with Crippen LogP contribution in [0.5, 0.6) is 17.2 Å². The van der Waals surface area contributed by atoms with Crippen molar-refractivity contribution >= 4 is 91.9 Å². The number of aliphatic hydroxyl groups excluding tert-OH is 1. The number of Topliss-reactive ketones (excluding diaryl/α,β-unsaturated/α-hetero) is 1. The number of rotatable bonds is 22. The van der Waals surface area contributed by atoms with Crippen molar-refractivity contribution in [2.75, 3.05) is 12.2 Å². The van der Waals surface area contributed by atoms with E-state index >= 15 is 0 Å². The number of carbonyl (C=O) groups is 4. The standard InChI is InChI=1S/C43H69BBr2N3O8SSi2/c1-27-20-28(16-18-34(27)56-59(12,13)40(2,3)4)22-32(49-39(54)43(10,11)46)37(52)47-25-30(50)24-33(51)31(48-38(53)42(8,9)45)21-29-17-19-35(36(23-29)55-58-26-44)57-60(14,15)41(5,6)7/h16-20,23,30-32,44,50H,21-22,24-26H2,1-15H3,(H,47,52)(H,48,53)(H,49,54)/i26D,44T. The number of aryl methyl sites for hydroxylation is 1. The first kappa shape index (κ1) is 50.3. The van der Waals surface area contributed by atoms with Crippen molar-refractivity contribution in [3.63, 3.8) is 0 Å². The summed E-state index contributed by atoms with van der Waals surface area (Å²) in [5, 5.41) is 19.4. The molecule has 11 nitrogen and oxygen atoms in total. The first-order valence-electron chi connectivity index (χ1n) is 21.3. The Morgan fingerprint density at radius 1 is 0.800 bits per heavy atom. The second-order valence-electron chi connectivity index (χ2n) is 19.4. The molecule has 0 aliphatic heterocycles. The maximum atomic E-state index is 13.9. The fourth-order valence-corrected chi connectivity index (χ4v) is 7.72. The molecule has 60 heavy (non-hydrogen) atoms. The first-order valence-corrected chi connectivity index (χ1v) is 28.3. The van der Waals surface area contributed by atoms with E-state index in [0.29, 0.717) is 17.1 Å². The molecule has 4 unspecified atom stereocenters. The molecule has 0 spiro atoms. The minimum absolute atomic E-state index is 0.00377. The van der Waals surface area contributed by atoms with Crippen molar-refractivity contribution in [2.45, 2.75) is 159 Å². The normalized spacial score (nSPS) is 15.3. The number of ketones is 1. The molecule has 0 aliphatic rings. The van der Waals surface area contributed by atoms with Gasteiger partial charge in [-0.1, -0.05) is 91.6 Å². The summed E-state index contributed by atoms with van der Waals surface area (Å²) in [6.45, 7) is 29.7. The van der Waals surface area contributed by atoms with Gasteiger partial charge in [-0.25, -0.2) is 0 Å². The zero-order chi connectivity index (χ0) is 47.8. The molecule has 0 aliphatic carbocycles. The van der Waals surface area contributed by atoms with Crippen LogP contribution in [0.15, 0.2) is 36.4 Å². The summed E-state index contributed by atoms with van der Waals surface area (Å²) in [6.07, 6.45) is -1.55. The van der Waals surface area contributed by atoms with E-state index in [9.17, 15) is 24.3 Å². The highest BCUT2D eigenvalue weighted by Gasteiger charge is 2.41. The van der Waals surface area contributed by atoms with Gasteiger partial charge in [0.2, 0.25) is 26.0 Å². The minimum atomic E-state index is -2.33. The van der Waals surface area contributed by atoms with E-state index in [2.05, 4.69) is 116 Å². The van der Waals surface area contributed by atoms with Crippen LogP contribution in [0, 0.1) is 6.92 Å². The monoisotopic (exact) mass is 1020 g/mol. The molecule has 0 aromatic heterocycles. The predicted octanol–water partition coefficient (Wildman–Crippen LogP) is 8.19. The molecule has 4 atom stereocenters. The van der Waals surface area contributed by atoms with Crippen molar-refractivity contribution in [1.29, 1.82) is 1.34 Å². The topological polar surface area (TPSA) is 152 Å². The maximum Gasteiger partial charge on any atom is 0.250 e. The number of halogens is 2. The van der Waals surface area contributed by atoms with Crippen LogP contribution in [-0.2, 0) is 32.0 Å². The van der Waals surface area contributed by atoms with Crippen molar-refractivity contribution < 1.29 is 38.7 Å². The molecule has 0 bridgehead atoms. The number of hydrogen-bond donors (Lipinski definition) is 4. The third-order valence-corrected chi connectivity index (χ3v) is 20.8. The minimum Gasteiger partial charge on any atom is -0.543 e. The Hall–Kier alpha value is -2.31. The van der Waals surface area contributed by atoms with Crippen molar-refractivity contribution in [1.82, 2.24) is 16.0 Å². The summed E-state index contributed by atoms with van der Waals surface area (Å²) >= 11 is 7.51. The fraction of sp³-hybridized carbons (Fsp3) is 0.628. The third kappa shape index (κ3) is 16.4. The molecule has 3 amide bonds. The fourth-order valence-electron chi connectivity index (χ4n) is 5.09. The van der Waals surface area contributed by atoms with Crippen LogP contribution in [0.3, 0.4) is 0 Å². The Morgan fingerprint density at radius 2 is 1.27 bits per heavy atom. The van der Waals surface area contributed by atoms with Crippen LogP contribution in [0.2, 0.25) is 36.3 Å². The Morgan fingerprint density at radius 3 is 1.75 bits per heavy atom. The van der Waals surface area contributed by atoms with E-state index in [1.54, 1.807) is 45.9 Å². The highest BCUT2D eigenvalue weighted by atomic mass is 79.9. The first-order chi connectivity index (χ1) is 28.1. The number of hydrogen-bond acceptors (Lipinski definition) is 9. The summed E-state index contributed by atoms with van der Waals surface area (Å²) in [4.78, 5) is 54.0. The number of benzene rings is 2. The van der Waals surface area contributed by atoms with Gasteiger partial charge in [0.05, 0.1) is 20.8 Å². The van der Waals surface area contributed by atoms with E-state index in [-0.39, 0.29) is 29.5 Å². The average molecular weight is 1020 g/mol. The van der Waals surface area contributed by atoms with Crippen LogP contribution in [0.4, 0.5) is 0 Å². The molecule has 0 saturated heterocycles. The van der Waals surface area contributed by atoms with E-state index < -0.39 is 79.0 Å². The van der Waals surface area contributed by atoms with Crippen LogP contribution in [0.25, 0.3) is 0 Å². The number of aliphatic hydroxyl groups is 1. The van der Waals surface area contributed by atoms with Gasteiger partial charge in [0, 0.05) is 32.8 Å². The lowest BCUT2D eigenvalue weighted by Crippen LogP contribution is -2.53. The van der Waals surface area contributed by atoms with Gasteiger partial charge in [0.25, 0.3) is 8.32 Å². The predicted molar refractivity (Wildman–Crippen MR) is 259 cm³/mol. The lowest BCUT2D eigenvalue weighted by Gasteiger charge is -2.37. The molecule has 0 fully saturated rings. The summed E-state index contributed by atoms with van der Waals surface area (Å²) in [6, 6.07) is 8.82. The Bertz CT molecular complexity index is 1890. The summed E-state index contributed by atoms with van der Waals surface area (Å²) in [7, 11) is -3.50. The highest BCUT2D eigenvalue weighted by Crippen LogP contribution is 2.41. The molecule has 2 aromatic carbocycles. The van der Waals surface area contributed by atoms with E-state index in [4.69, 9.17) is 15.7 Å². The molecule has 0 heterocycles. The third-order valence-electron chi connectivity index (χ3n) is 11.0. The molecule has 17 heteroatoms. The van der Waals surface area contributed by atoms with Gasteiger partial charge in [-0.15, -0.1) is 0 Å². The molecule has 2 rings (SSSR count). The van der Waals surface area contributed by atoms with Crippen LogP contribution >= 0.6 is 43.9 Å². The van der Waals surface area contributed by atoms with Crippen molar-refractivity contribution in [3.8, 4) is 17.2 Å². The van der Waals surface area contributed by atoms with E-state index in [1.165, 1.54) is 0 Å². The second kappa shape index (κ2) is 21.4.